The van der Waals surface area contributed by atoms with E-state index in [0.29, 0.717) is 27.5 Å². The molecule has 0 heterocycles. The predicted octanol–water partition coefficient (Wildman–Crippen LogP) is 7.04. The van der Waals surface area contributed by atoms with E-state index >= 15 is 0 Å². The number of ether oxygens (including phenoxy) is 2. The molecule has 33 heavy (non-hydrogen) atoms. The van der Waals surface area contributed by atoms with Crippen LogP contribution >= 0.6 is 27.5 Å². The second-order valence-corrected chi connectivity index (χ2v) is 8.93. The minimum atomic E-state index is -0.423. The van der Waals surface area contributed by atoms with Gasteiger partial charge < -0.3 is 20.1 Å². The van der Waals surface area contributed by atoms with Gasteiger partial charge in [0.15, 0.2) is 11.5 Å². The van der Waals surface area contributed by atoms with Gasteiger partial charge in [-0.3, -0.25) is 4.79 Å². The topological polar surface area (TPSA) is 59.6 Å². The molecule has 5 nitrogen and oxygen atoms in total. The molecule has 0 spiro atoms. The van der Waals surface area contributed by atoms with Crippen LogP contribution in [-0.2, 0) is 17.9 Å². The lowest BCUT2D eigenvalue weighted by Gasteiger charge is -2.16. The van der Waals surface area contributed by atoms with Crippen LogP contribution in [0, 0.1) is 11.7 Å². The van der Waals surface area contributed by atoms with Gasteiger partial charge in [0.05, 0.1) is 16.6 Å². The van der Waals surface area contributed by atoms with Crippen molar-refractivity contribution in [2.24, 2.45) is 5.92 Å². The van der Waals surface area contributed by atoms with Crippen LogP contribution in [0.3, 0.4) is 0 Å². The fourth-order valence-corrected chi connectivity index (χ4v) is 3.81. The van der Waals surface area contributed by atoms with Crippen molar-refractivity contribution < 1.29 is 18.7 Å². The van der Waals surface area contributed by atoms with Crippen molar-refractivity contribution >= 4 is 44.8 Å². The molecular formula is C25H25BrClFN2O3. The second kappa shape index (κ2) is 11.4. The van der Waals surface area contributed by atoms with E-state index in [-0.39, 0.29) is 24.0 Å². The van der Waals surface area contributed by atoms with Crippen LogP contribution in [0.4, 0.5) is 15.8 Å². The molecule has 2 N–H and O–H groups in total. The molecule has 1 amide bonds. The van der Waals surface area contributed by atoms with Crippen LogP contribution in [-0.4, -0.2) is 13.0 Å². The summed E-state index contributed by atoms with van der Waals surface area (Å²) in [5, 5.41) is 6.51. The number of rotatable bonds is 9. The molecule has 3 aromatic rings. The summed E-state index contributed by atoms with van der Waals surface area (Å²) in [6, 6.07) is 15.8. The Balaban J connectivity index is 1.66. The third-order valence-electron chi connectivity index (χ3n) is 4.89. The van der Waals surface area contributed by atoms with E-state index in [1.54, 1.807) is 19.2 Å². The summed E-state index contributed by atoms with van der Waals surface area (Å²) in [6.45, 7) is 4.20. The SMILES string of the molecule is COc1cc(CNc2ccc(NC(=O)C(C)C)cc2)cc(Br)c1OCc1c(F)cccc1Cl. The first-order chi connectivity index (χ1) is 15.8. The summed E-state index contributed by atoms with van der Waals surface area (Å²) in [5.41, 5.74) is 2.89. The smallest absolute Gasteiger partial charge is 0.226 e. The highest BCUT2D eigenvalue weighted by Crippen LogP contribution is 2.38. The van der Waals surface area contributed by atoms with Gasteiger partial charge in [0.2, 0.25) is 5.91 Å². The van der Waals surface area contributed by atoms with Crippen molar-refractivity contribution in [3.8, 4) is 11.5 Å². The molecule has 8 heteroatoms. The van der Waals surface area contributed by atoms with Crippen molar-refractivity contribution in [3.05, 3.63) is 81.0 Å². The molecular weight excluding hydrogens is 511 g/mol. The Morgan fingerprint density at radius 2 is 1.82 bits per heavy atom. The van der Waals surface area contributed by atoms with Gasteiger partial charge in [-0.1, -0.05) is 31.5 Å². The molecule has 0 aromatic heterocycles. The van der Waals surface area contributed by atoms with Gasteiger partial charge in [-0.25, -0.2) is 4.39 Å². The van der Waals surface area contributed by atoms with E-state index in [4.69, 9.17) is 21.1 Å². The number of hydrogen-bond donors (Lipinski definition) is 2. The number of nitrogens with one attached hydrogen (secondary N) is 2. The molecule has 0 aliphatic rings. The highest BCUT2D eigenvalue weighted by Gasteiger charge is 2.15. The Kier molecular flexibility index (Phi) is 8.58. The summed E-state index contributed by atoms with van der Waals surface area (Å²) in [6.07, 6.45) is 0. The highest BCUT2D eigenvalue weighted by molar-refractivity contribution is 9.10. The number of carbonyl (C=O) groups is 1. The lowest BCUT2D eigenvalue weighted by Crippen LogP contribution is -2.17. The largest absolute Gasteiger partial charge is 0.493 e. The molecule has 0 radical (unpaired) electrons. The molecule has 0 saturated carbocycles. The van der Waals surface area contributed by atoms with Crippen LogP contribution in [0.15, 0.2) is 59.1 Å². The zero-order chi connectivity index (χ0) is 24.0. The van der Waals surface area contributed by atoms with E-state index in [0.717, 1.165) is 16.9 Å². The Bertz CT molecular complexity index is 1100. The van der Waals surface area contributed by atoms with E-state index in [1.165, 1.54) is 6.07 Å². The van der Waals surface area contributed by atoms with Crippen molar-refractivity contribution in [3.63, 3.8) is 0 Å². The van der Waals surface area contributed by atoms with E-state index in [9.17, 15) is 9.18 Å². The van der Waals surface area contributed by atoms with E-state index < -0.39 is 5.82 Å². The number of methoxy groups -OCH3 is 1. The number of carbonyl (C=O) groups excluding carboxylic acids is 1. The van der Waals surface area contributed by atoms with Crippen LogP contribution in [0.1, 0.15) is 25.0 Å². The van der Waals surface area contributed by atoms with Gasteiger partial charge in [0.1, 0.15) is 12.4 Å². The Morgan fingerprint density at radius 1 is 1.12 bits per heavy atom. The van der Waals surface area contributed by atoms with Crippen molar-refractivity contribution in [1.82, 2.24) is 0 Å². The zero-order valence-corrected chi connectivity index (χ0v) is 20.9. The molecule has 0 fully saturated rings. The van der Waals surface area contributed by atoms with Crippen LogP contribution in [0.25, 0.3) is 0 Å². The second-order valence-electron chi connectivity index (χ2n) is 7.67. The molecule has 3 aromatic carbocycles. The van der Waals surface area contributed by atoms with Gasteiger partial charge in [-0.15, -0.1) is 0 Å². The summed E-state index contributed by atoms with van der Waals surface area (Å²) >= 11 is 9.61. The van der Waals surface area contributed by atoms with Gasteiger partial charge >= 0.3 is 0 Å². The summed E-state index contributed by atoms with van der Waals surface area (Å²) in [5.74, 6) is 0.457. The number of benzene rings is 3. The van der Waals surface area contributed by atoms with E-state index in [1.807, 2.05) is 50.2 Å². The molecule has 174 valence electrons. The lowest BCUT2D eigenvalue weighted by atomic mass is 10.1. The zero-order valence-electron chi connectivity index (χ0n) is 18.5. The first kappa shape index (κ1) is 24.9. The number of anilines is 2. The van der Waals surface area contributed by atoms with Crippen molar-refractivity contribution in [1.29, 1.82) is 0 Å². The van der Waals surface area contributed by atoms with Crippen LogP contribution in [0.2, 0.25) is 5.02 Å². The molecule has 0 aliphatic carbocycles. The Hall–Kier alpha value is -2.77. The van der Waals surface area contributed by atoms with Crippen molar-refractivity contribution in [2.75, 3.05) is 17.7 Å². The predicted molar refractivity (Wildman–Crippen MR) is 134 cm³/mol. The normalized spacial score (nSPS) is 10.8. The Labute approximate surface area is 206 Å². The van der Waals surface area contributed by atoms with Crippen LogP contribution < -0.4 is 20.1 Å². The summed E-state index contributed by atoms with van der Waals surface area (Å²) in [4.78, 5) is 11.8. The minimum Gasteiger partial charge on any atom is -0.493 e. The maximum absolute atomic E-state index is 14.0. The van der Waals surface area contributed by atoms with Gasteiger partial charge in [0.25, 0.3) is 0 Å². The van der Waals surface area contributed by atoms with Gasteiger partial charge in [-0.2, -0.15) is 0 Å². The monoisotopic (exact) mass is 534 g/mol. The van der Waals surface area contributed by atoms with Gasteiger partial charge in [0, 0.05) is 29.4 Å². The quantitative estimate of drug-likeness (QED) is 0.309. The maximum atomic E-state index is 14.0. The molecule has 0 aliphatic heterocycles. The molecule has 0 bridgehead atoms. The number of halogens is 3. The number of amides is 1. The lowest BCUT2D eigenvalue weighted by molar-refractivity contribution is -0.118. The first-order valence-electron chi connectivity index (χ1n) is 10.4. The molecule has 0 atom stereocenters. The third-order valence-corrected chi connectivity index (χ3v) is 5.83. The summed E-state index contributed by atoms with van der Waals surface area (Å²) in [7, 11) is 1.55. The fourth-order valence-electron chi connectivity index (χ4n) is 2.99. The average molecular weight is 536 g/mol. The van der Waals surface area contributed by atoms with Gasteiger partial charge in [-0.05, 0) is 70.0 Å². The minimum absolute atomic E-state index is 0.0211. The molecule has 0 unspecified atom stereocenters. The standard InChI is InChI=1S/C25H25BrClFN2O3/c1-15(2)25(31)30-18-9-7-17(8-10-18)29-13-16-11-20(26)24(23(12-16)32-3)33-14-19-21(27)5-4-6-22(19)28/h4-12,15,29H,13-14H2,1-3H3,(H,30,31). The molecule has 0 saturated heterocycles. The first-order valence-corrected chi connectivity index (χ1v) is 11.5. The number of hydrogen-bond acceptors (Lipinski definition) is 4. The fraction of sp³-hybridized carbons (Fsp3) is 0.240. The van der Waals surface area contributed by atoms with E-state index in [2.05, 4.69) is 26.6 Å². The van der Waals surface area contributed by atoms with Crippen molar-refractivity contribution in [2.45, 2.75) is 27.0 Å². The molecule has 3 rings (SSSR count). The maximum Gasteiger partial charge on any atom is 0.226 e. The Morgan fingerprint density at radius 3 is 2.45 bits per heavy atom. The highest BCUT2D eigenvalue weighted by atomic mass is 79.9. The third kappa shape index (κ3) is 6.62. The summed E-state index contributed by atoms with van der Waals surface area (Å²) < 4.78 is 26.1. The average Bonchev–Trinajstić information content (AvgIpc) is 2.78. The van der Waals surface area contributed by atoms with Crippen LogP contribution in [0.5, 0.6) is 11.5 Å².